The zero-order chi connectivity index (χ0) is 20.7. The highest BCUT2D eigenvalue weighted by Crippen LogP contribution is 2.15. The first-order valence-corrected chi connectivity index (χ1v) is 11.3. The molecule has 0 bridgehead atoms. The summed E-state index contributed by atoms with van der Waals surface area (Å²) in [5.74, 6) is 1.61. The lowest BCUT2D eigenvalue weighted by molar-refractivity contribution is 0.594. The Morgan fingerprint density at radius 1 is 1.03 bits per heavy atom. The molecule has 0 spiro atoms. The number of hydrogen-bond acceptors (Lipinski definition) is 4. The molecule has 2 N–H and O–H groups in total. The number of aromatic nitrogens is 2. The fourth-order valence-electron chi connectivity index (χ4n) is 3.19. The molecule has 3 rings (SSSR count). The molecule has 1 aromatic heterocycles. The van der Waals surface area contributed by atoms with Gasteiger partial charge in [0, 0.05) is 26.7 Å². The zero-order valence-electron chi connectivity index (χ0n) is 17.2. The predicted molar refractivity (Wildman–Crippen MR) is 132 cm³/mol. The first kappa shape index (κ1) is 24.1. The van der Waals surface area contributed by atoms with Gasteiger partial charge in [-0.05, 0) is 37.6 Å². The van der Waals surface area contributed by atoms with E-state index in [2.05, 4.69) is 31.2 Å². The van der Waals surface area contributed by atoms with Crippen LogP contribution in [0, 0.1) is 6.92 Å². The Labute approximate surface area is 194 Å². The van der Waals surface area contributed by atoms with E-state index in [1.165, 1.54) is 0 Å². The SMILES string of the molecule is CN=C(NCCCn1c(C)nc2ccccc21)NCCS(=O)(=O)c1ccccc1.I. The number of rotatable bonds is 8. The first-order valence-electron chi connectivity index (χ1n) is 9.65. The van der Waals surface area contributed by atoms with Crippen LogP contribution >= 0.6 is 24.0 Å². The van der Waals surface area contributed by atoms with Gasteiger partial charge in [0.2, 0.25) is 0 Å². The van der Waals surface area contributed by atoms with E-state index in [1.807, 2.05) is 25.1 Å². The van der Waals surface area contributed by atoms with Gasteiger partial charge < -0.3 is 15.2 Å². The molecule has 162 valence electrons. The third kappa shape index (κ3) is 6.18. The Bertz CT molecular complexity index is 1080. The number of hydrogen-bond donors (Lipinski definition) is 2. The molecule has 0 saturated heterocycles. The molecule has 9 heteroatoms. The van der Waals surface area contributed by atoms with Crippen LogP contribution in [0.15, 0.2) is 64.5 Å². The second-order valence-electron chi connectivity index (χ2n) is 6.71. The molecule has 1 heterocycles. The molecule has 2 aromatic carbocycles. The number of fused-ring (bicyclic) bond motifs is 1. The summed E-state index contributed by atoms with van der Waals surface area (Å²) < 4.78 is 26.9. The maximum absolute atomic E-state index is 12.3. The van der Waals surface area contributed by atoms with Crippen molar-refractivity contribution in [1.82, 2.24) is 20.2 Å². The van der Waals surface area contributed by atoms with E-state index in [4.69, 9.17) is 0 Å². The summed E-state index contributed by atoms with van der Waals surface area (Å²) in [5, 5.41) is 6.31. The van der Waals surface area contributed by atoms with E-state index in [9.17, 15) is 8.42 Å². The molecular weight excluding hydrogens is 513 g/mol. The minimum atomic E-state index is -3.30. The summed E-state index contributed by atoms with van der Waals surface area (Å²) in [7, 11) is -1.62. The first-order chi connectivity index (χ1) is 14.0. The Morgan fingerprint density at radius 2 is 1.70 bits per heavy atom. The van der Waals surface area contributed by atoms with E-state index < -0.39 is 9.84 Å². The minimum Gasteiger partial charge on any atom is -0.356 e. The van der Waals surface area contributed by atoms with Gasteiger partial charge in [-0.15, -0.1) is 24.0 Å². The van der Waals surface area contributed by atoms with Gasteiger partial charge in [-0.1, -0.05) is 30.3 Å². The molecule has 30 heavy (non-hydrogen) atoms. The number of nitrogens with one attached hydrogen (secondary N) is 2. The molecule has 0 aliphatic rings. The number of nitrogens with zero attached hydrogens (tertiary/aromatic N) is 3. The van der Waals surface area contributed by atoms with Crippen LogP contribution in [0.25, 0.3) is 11.0 Å². The van der Waals surface area contributed by atoms with Crippen LogP contribution in [0.5, 0.6) is 0 Å². The highest BCUT2D eigenvalue weighted by Gasteiger charge is 2.13. The molecule has 0 aliphatic carbocycles. The van der Waals surface area contributed by atoms with Crippen molar-refractivity contribution in [3.8, 4) is 0 Å². The monoisotopic (exact) mass is 541 g/mol. The zero-order valence-corrected chi connectivity index (χ0v) is 20.4. The van der Waals surface area contributed by atoms with Crippen molar-refractivity contribution < 1.29 is 8.42 Å². The molecular formula is C21H28IN5O2S. The summed E-state index contributed by atoms with van der Waals surface area (Å²) in [6.07, 6.45) is 0.893. The van der Waals surface area contributed by atoms with Crippen LogP contribution in [0.1, 0.15) is 12.2 Å². The maximum atomic E-state index is 12.3. The quantitative estimate of drug-likeness (QED) is 0.198. The van der Waals surface area contributed by atoms with E-state index in [0.717, 1.165) is 36.4 Å². The van der Waals surface area contributed by atoms with Crippen molar-refractivity contribution in [3.63, 3.8) is 0 Å². The lowest BCUT2D eigenvalue weighted by Crippen LogP contribution is -2.40. The fourth-order valence-corrected chi connectivity index (χ4v) is 4.37. The summed E-state index contributed by atoms with van der Waals surface area (Å²) in [6, 6.07) is 16.6. The highest BCUT2D eigenvalue weighted by molar-refractivity contribution is 14.0. The van der Waals surface area contributed by atoms with Crippen LogP contribution in [0.4, 0.5) is 0 Å². The Morgan fingerprint density at radius 3 is 2.43 bits per heavy atom. The predicted octanol–water partition coefficient (Wildman–Crippen LogP) is 2.99. The fraction of sp³-hybridized carbons (Fsp3) is 0.333. The molecule has 0 fully saturated rings. The Kier molecular flexibility index (Phi) is 9.09. The summed E-state index contributed by atoms with van der Waals surface area (Å²) in [4.78, 5) is 9.08. The molecule has 0 atom stereocenters. The maximum Gasteiger partial charge on any atom is 0.191 e. The molecule has 0 amide bonds. The van der Waals surface area contributed by atoms with Crippen molar-refractivity contribution in [2.24, 2.45) is 4.99 Å². The van der Waals surface area contributed by atoms with Gasteiger partial charge in [-0.2, -0.15) is 0 Å². The lowest BCUT2D eigenvalue weighted by atomic mass is 10.3. The lowest BCUT2D eigenvalue weighted by Gasteiger charge is -2.13. The van der Waals surface area contributed by atoms with Crippen molar-refractivity contribution in [2.45, 2.75) is 24.8 Å². The summed E-state index contributed by atoms with van der Waals surface area (Å²) in [6.45, 7) is 3.87. The van der Waals surface area contributed by atoms with Gasteiger partial charge in [0.15, 0.2) is 15.8 Å². The number of aryl methyl sites for hydroxylation is 2. The van der Waals surface area contributed by atoms with Gasteiger partial charge >= 0.3 is 0 Å². The van der Waals surface area contributed by atoms with Crippen LogP contribution in [-0.4, -0.2) is 49.8 Å². The van der Waals surface area contributed by atoms with Gasteiger partial charge in [0.25, 0.3) is 0 Å². The molecule has 0 aliphatic heterocycles. The summed E-state index contributed by atoms with van der Waals surface area (Å²) in [5.41, 5.74) is 2.15. The van der Waals surface area contributed by atoms with Gasteiger partial charge in [0.1, 0.15) is 5.82 Å². The average Bonchev–Trinajstić information content (AvgIpc) is 3.05. The van der Waals surface area contributed by atoms with Gasteiger partial charge in [-0.3, -0.25) is 4.99 Å². The molecule has 7 nitrogen and oxygen atoms in total. The van der Waals surface area contributed by atoms with Crippen molar-refractivity contribution in [1.29, 1.82) is 0 Å². The molecule has 0 radical (unpaired) electrons. The third-order valence-electron chi connectivity index (χ3n) is 4.69. The Balaban J connectivity index is 0.00000320. The van der Waals surface area contributed by atoms with E-state index in [1.54, 1.807) is 37.4 Å². The summed E-state index contributed by atoms with van der Waals surface area (Å²) >= 11 is 0. The van der Waals surface area contributed by atoms with E-state index >= 15 is 0 Å². The smallest absolute Gasteiger partial charge is 0.191 e. The van der Waals surface area contributed by atoms with Gasteiger partial charge in [0.05, 0.1) is 21.7 Å². The van der Waals surface area contributed by atoms with Crippen LogP contribution < -0.4 is 10.6 Å². The second kappa shape index (κ2) is 11.3. The normalized spacial score (nSPS) is 11.9. The van der Waals surface area contributed by atoms with Crippen LogP contribution in [0.3, 0.4) is 0 Å². The number of aliphatic imine (C=N–C) groups is 1. The Hall–Kier alpha value is -2.14. The highest BCUT2D eigenvalue weighted by atomic mass is 127. The third-order valence-corrected chi connectivity index (χ3v) is 6.42. The average molecular weight is 541 g/mol. The number of para-hydroxylation sites is 2. The van der Waals surface area contributed by atoms with Crippen molar-refractivity contribution in [3.05, 3.63) is 60.4 Å². The van der Waals surface area contributed by atoms with Gasteiger partial charge in [-0.25, -0.2) is 13.4 Å². The standard InChI is InChI=1S/C21H27N5O2S.HI/c1-17-25-19-11-6-7-12-20(19)26(17)15-8-13-23-21(22-2)24-14-16-29(27,28)18-9-4-3-5-10-18;/h3-7,9-12H,8,13-16H2,1-2H3,(H2,22,23,24);1H. The van der Waals surface area contributed by atoms with Crippen LogP contribution in [-0.2, 0) is 16.4 Å². The largest absolute Gasteiger partial charge is 0.356 e. The number of halogens is 1. The number of imidazole rings is 1. The topological polar surface area (TPSA) is 88.4 Å². The second-order valence-corrected chi connectivity index (χ2v) is 8.82. The minimum absolute atomic E-state index is 0. The number of benzene rings is 2. The molecule has 3 aromatic rings. The van der Waals surface area contributed by atoms with Crippen molar-refractivity contribution in [2.75, 3.05) is 25.9 Å². The molecule has 0 unspecified atom stereocenters. The molecule has 0 saturated carbocycles. The van der Waals surface area contributed by atoms with Crippen LogP contribution in [0.2, 0.25) is 0 Å². The number of guanidine groups is 1. The van der Waals surface area contributed by atoms with Crippen molar-refractivity contribution >= 4 is 50.8 Å². The van der Waals surface area contributed by atoms with E-state index in [-0.39, 0.29) is 29.7 Å². The van der Waals surface area contributed by atoms with E-state index in [0.29, 0.717) is 17.4 Å². The number of sulfone groups is 1.